The van der Waals surface area contributed by atoms with Crippen molar-refractivity contribution in [2.45, 2.75) is 44.6 Å². The van der Waals surface area contributed by atoms with Crippen LogP contribution < -0.4 is 5.32 Å². The molecule has 1 aliphatic carbocycles. The lowest BCUT2D eigenvalue weighted by Gasteiger charge is -2.15. The van der Waals surface area contributed by atoms with Crippen LogP contribution in [0.1, 0.15) is 38.5 Å². The Morgan fingerprint density at radius 3 is 2.79 bits per heavy atom. The number of hydrogen-bond donors (Lipinski definition) is 2. The maximum Gasteiger partial charge on any atom is 0.0667 e. The topological polar surface area (TPSA) is 32.3 Å². The Morgan fingerprint density at radius 2 is 2.14 bits per heavy atom. The molecule has 0 radical (unpaired) electrons. The van der Waals surface area contributed by atoms with Crippen LogP contribution in [0.2, 0.25) is 0 Å². The van der Waals surface area contributed by atoms with Gasteiger partial charge >= 0.3 is 0 Å². The zero-order valence-electron chi connectivity index (χ0n) is 8.84. The Bertz CT molecular complexity index is 179. The van der Waals surface area contributed by atoms with Gasteiger partial charge in [-0.3, -0.25) is 0 Å². The highest BCUT2D eigenvalue weighted by Crippen LogP contribution is 2.28. The number of aliphatic hydroxyl groups is 1. The summed E-state index contributed by atoms with van der Waals surface area (Å²) in [4.78, 5) is 0. The van der Waals surface area contributed by atoms with E-state index in [1.807, 2.05) is 0 Å². The predicted octanol–water partition coefficient (Wildman–Crippen LogP) is 1.54. The van der Waals surface area contributed by atoms with Gasteiger partial charge in [0.05, 0.1) is 6.10 Å². The zero-order valence-corrected chi connectivity index (χ0v) is 8.84. The molecule has 0 amide bonds. The highest BCUT2D eigenvalue weighted by atomic mass is 16.3. The summed E-state index contributed by atoms with van der Waals surface area (Å²) in [7, 11) is 0. The van der Waals surface area contributed by atoms with Crippen molar-refractivity contribution in [1.29, 1.82) is 0 Å². The molecule has 0 aromatic carbocycles. The second-order valence-corrected chi connectivity index (χ2v) is 4.20. The van der Waals surface area contributed by atoms with E-state index in [9.17, 15) is 5.11 Å². The molecule has 0 saturated heterocycles. The van der Waals surface area contributed by atoms with Crippen molar-refractivity contribution < 1.29 is 5.11 Å². The summed E-state index contributed by atoms with van der Waals surface area (Å²) in [5.74, 6) is 3.33. The van der Waals surface area contributed by atoms with Crippen LogP contribution in [0, 0.1) is 18.3 Å². The fraction of sp³-hybridized carbons (Fsp3) is 0.833. The molecule has 14 heavy (non-hydrogen) atoms. The first-order chi connectivity index (χ1) is 6.83. The standard InChI is InChI=1S/C12H21NO/c1-2-3-8-13-10-12(14)9-11-6-4-5-7-11/h1,11-14H,3-10H2. The first kappa shape index (κ1) is 11.6. The average Bonchev–Trinajstić information content (AvgIpc) is 2.65. The van der Waals surface area contributed by atoms with Crippen LogP contribution in [0.3, 0.4) is 0 Å². The lowest BCUT2D eigenvalue weighted by Crippen LogP contribution is -2.28. The van der Waals surface area contributed by atoms with E-state index < -0.39 is 0 Å². The van der Waals surface area contributed by atoms with Gasteiger partial charge in [0.1, 0.15) is 0 Å². The lowest BCUT2D eigenvalue weighted by atomic mass is 10.0. The van der Waals surface area contributed by atoms with Crippen molar-refractivity contribution in [2.75, 3.05) is 13.1 Å². The summed E-state index contributed by atoms with van der Waals surface area (Å²) < 4.78 is 0. The SMILES string of the molecule is C#CCCNCC(O)CC1CCCC1. The fourth-order valence-corrected chi connectivity index (χ4v) is 2.14. The molecule has 1 rings (SSSR count). The Hall–Kier alpha value is -0.520. The molecule has 2 N–H and O–H groups in total. The second-order valence-electron chi connectivity index (χ2n) is 4.20. The number of terminal acetylenes is 1. The maximum absolute atomic E-state index is 9.69. The van der Waals surface area contributed by atoms with Crippen LogP contribution in [0.5, 0.6) is 0 Å². The molecule has 1 fully saturated rings. The number of rotatable bonds is 6. The van der Waals surface area contributed by atoms with Gasteiger partial charge in [-0.15, -0.1) is 12.3 Å². The number of hydrogen-bond acceptors (Lipinski definition) is 2. The van der Waals surface area contributed by atoms with Crippen LogP contribution in [-0.4, -0.2) is 24.3 Å². The molecule has 2 nitrogen and oxygen atoms in total. The second kappa shape index (κ2) is 6.86. The van der Waals surface area contributed by atoms with Gasteiger partial charge in [0, 0.05) is 19.5 Å². The Morgan fingerprint density at radius 1 is 1.43 bits per heavy atom. The summed E-state index contributed by atoms with van der Waals surface area (Å²) in [5.41, 5.74) is 0. The molecule has 0 aromatic heterocycles. The highest BCUT2D eigenvalue weighted by molar-refractivity contribution is 4.84. The molecular weight excluding hydrogens is 174 g/mol. The largest absolute Gasteiger partial charge is 0.392 e. The monoisotopic (exact) mass is 195 g/mol. The van der Waals surface area contributed by atoms with Crippen molar-refractivity contribution in [1.82, 2.24) is 5.32 Å². The summed E-state index contributed by atoms with van der Waals surface area (Å²) in [6.07, 6.45) is 12.0. The molecule has 0 aromatic rings. The molecule has 0 aliphatic heterocycles. The van der Waals surface area contributed by atoms with E-state index in [-0.39, 0.29) is 6.10 Å². The van der Waals surface area contributed by atoms with E-state index in [4.69, 9.17) is 6.42 Å². The Labute approximate surface area is 87.1 Å². The van der Waals surface area contributed by atoms with Crippen LogP contribution >= 0.6 is 0 Å². The molecule has 2 heteroatoms. The molecule has 0 bridgehead atoms. The van der Waals surface area contributed by atoms with Crippen LogP contribution in [0.15, 0.2) is 0 Å². The minimum atomic E-state index is -0.184. The van der Waals surface area contributed by atoms with Gasteiger partial charge in [0.25, 0.3) is 0 Å². The first-order valence-electron chi connectivity index (χ1n) is 5.65. The molecular formula is C12H21NO. The van der Waals surface area contributed by atoms with Gasteiger partial charge in [-0.2, -0.15) is 0 Å². The van der Waals surface area contributed by atoms with Gasteiger partial charge < -0.3 is 10.4 Å². The molecule has 80 valence electrons. The molecule has 1 saturated carbocycles. The fourth-order valence-electron chi connectivity index (χ4n) is 2.14. The van der Waals surface area contributed by atoms with E-state index in [1.165, 1.54) is 25.7 Å². The summed E-state index contributed by atoms with van der Waals surface area (Å²) in [6, 6.07) is 0. The van der Waals surface area contributed by atoms with Gasteiger partial charge in [-0.25, -0.2) is 0 Å². The van der Waals surface area contributed by atoms with E-state index in [2.05, 4.69) is 11.2 Å². The molecule has 0 heterocycles. The van der Waals surface area contributed by atoms with Crippen LogP contribution in [0.25, 0.3) is 0 Å². The van der Waals surface area contributed by atoms with E-state index in [0.717, 1.165) is 25.3 Å². The molecule has 1 aliphatic rings. The minimum Gasteiger partial charge on any atom is -0.392 e. The number of aliphatic hydroxyl groups excluding tert-OH is 1. The van der Waals surface area contributed by atoms with Crippen molar-refractivity contribution >= 4 is 0 Å². The van der Waals surface area contributed by atoms with Gasteiger partial charge in [-0.05, 0) is 12.3 Å². The smallest absolute Gasteiger partial charge is 0.0667 e. The van der Waals surface area contributed by atoms with Crippen LogP contribution in [-0.2, 0) is 0 Å². The highest BCUT2D eigenvalue weighted by Gasteiger charge is 2.18. The van der Waals surface area contributed by atoms with E-state index in [0.29, 0.717) is 6.54 Å². The first-order valence-corrected chi connectivity index (χ1v) is 5.65. The quantitative estimate of drug-likeness (QED) is 0.498. The third kappa shape index (κ3) is 4.64. The summed E-state index contributed by atoms with van der Waals surface area (Å²) >= 11 is 0. The third-order valence-corrected chi connectivity index (χ3v) is 2.91. The van der Waals surface area contributed by atoms with Crippen LogP contribution in [0.4, 0.5) is 0 Å². The van der Waals surface area contributed by atoms with Crippen molar-refractivity contribution in [3.8, 4) is 12.3 Å². The molecule has 0 spiro atoms. The van der Waals surface area contributed by atoms with Gasteiger partial charge in [0.2, 0.25) is 0 Å². The van der Waals surface area contributed by atoms with Crippen molar-refractivity contribution in [3.05, 3.63) is 0 Å². The van der Waals surface area contributed by atoms with Crippen molar-refractivity contribution in [2.24, 2.45) is 5.92 Å². The molecule has 1 unspecified atom stereocenters. The summed E-state index contributed by atoms with van der Waals surface area (Å²) in [6.45, 7) is 1.51. The van der Waals surface area contributed by atoms with Gasteiger partial charge in [-0.1, -0.05) is 25.7 Å². The average molecular weight is 195 g/mol. The van der Waals surface area contributed by atoms with E-state index in [1.54, 1.807) is 0 Å². The lowest BCUT2D eigenvalue weighted by molar-refractivity contribution is 0.141. The van der Waals surface area contributed by atoms with Gasteiger partial charge in [0.15, 0.2) is 0 Å². The Kier molecular flexibility index (Phi) is 5.66. The molecule has 1 atom stereocenters. The summed E-state index contributed by atoms with van der Waals surface area (Å²) in [5, 5.41) is 12.9. The minimum absolute atomic E-state index is 0.184. The van der Waals surface area contributed by atoms with E-state index >= 15 is 0 Å². The Balaban J connectivity index is 1.98. The number of nitrogens with one attached hydrogen (secondary N) is 1. The third-order valence-electron chi connectivity index (χ3n) is 2.91. The predicted molar refractivity (Wildman–Crippen MR) is 58.9 cm³/mol. The zero-order chi connectivity index (χ0) is 10.2. The maximum atomic E-state index is 9.69. The van der Waals surface area contributed by atoms with Crippen molar-refractivity contribution in [3.63, 3.8) is 0 Å². The normalized spacial score (nSPS) is 19.4.